The van der Waals surface area contributed by atoms with Gasteiger partial charge in [0.25, 0.3) is 0 Å². The van der Waals surface area contributed by atoms with E-state index in [2.05, 4.69) is 25.1 Å². The van der Waals surface area contributed by atoms with Crippen molar-refractivity contribution in [3.8, 4) is 0 Å². The summed E-state index contributed by atoms with van der Waals surface area (Å²) < 4.78 is 0. The lowest BCUT2D eigenvalue weighted by Crippen LogP contribution is -2.33. The number of nitrogens with two attached hydrogens (primary N) is 1. The number of carbonyl (C=O) groups is 1. The maximum atomic E-state index is 11.6. The molecule has 3 nitrogen and oxygen atoms in total. The van der Waals surface area contributed by atoms with E-state index >= 15 is 0 Å². The summed E-state index contributed by atoms with van der Waals surface area (Å²) >= 11 is 0. The zero-order chi connectivity index (χ0) is 12.4. The Balaban J connectivity index is 2.25. The SMILES string of the molecule is CC(=O)N1c2ccc(CCCN)cc2CC1C. The topological polar surface area (TPSA) is 46.3 Å². The Kier molecular flexibility index (Phi) is 3.48. The van der Waals surface area contributed by atoms with Crippen molar-refractivity contribution in [3.05, 3.63) is 29.3 Å². The number of anilines is 1. The van der Waals surface area contributed by atoms with E-state index in [1.807, 2.05) is 4.90 Å². The predicted molar refractivity (Wildman–Crippen MR) is 70.1 cm³/mol. The van der Waals surface area contributed by atoms with E-state index in [0.717, 1.165) is 31.5 Å². The highest BCUT2D eigenvalue weighted by Gasteiger charge is 2.28. The molecule has 1 aliphatic rings. The lowest BCUT2D eigenvalue weighted by Gasteiger charge is -2.20. The van der Waals surface area contributed by atoms with Crippen molar-refractivity contribution < 1.29 is 4.79 Å². The summed E-state index contributed by atoms with van der Waals surface area (Å²) in [6.45, 7) is 4.46. The molecule has 2 N–H and O–H groups in total. The maximum absolute atomic E-state index is 11.6. The second-order valence-electron chi connectivity index (χ2n) is 4.80. The number of rotatable bonds is 3. The first-order chi connectivity index (χ1) is 8.13. The smallest absolute Gasteiger partial charge is 0.224 e. The number of nitrogens with zero attached hydrogens (tertiary/aromatic N) is 1. The van der Waals surface area contributed by atoms with Gasteiger partial charge in [0, 0.05) is 18.7 Å². The Morgan fingerprint density at radius 3 is 2.94 bits per heavy atom. The van der Waals surface area contributed by atoms with Crippen molar-refractivity contribution in [2.24, 2.45) is 5.73 Å². The molecule has 0 aromatic heterocycles. The zero-order valence-electron chi connectivity index (χ0n) is 10.6. The fourth-order valence-electron chi connectivity index (χ4n) is 2.63. The van der Waals surface area contributed by atoms with Crippen LogP contribution in [0.15, 0.2) is 18.2 Å². The number of aryl methyl sites for hydroxylation is 1. The fourth-order valence-corrected chi connectivity index (χ4v) is 2.63. The maximum Gasteiger partial charge on any atom is 0.224 e. The van der Waals surface area contributed by atoms with Crippen LogP contribution in [0.25, 0.3) is 0 Å². The van der Waals surface area contributed by atoms with Crippen molar-refractivity contribution in [1.82, 2.24) is 0 Å². The molecule has 1 atom stereocenters. The van der Waals surface area contributed by atoms with Gasteiger partial charge in [0.1, 0.15) is 0 Å². The van der Waals surface area contributed by atoms with E-state index in [1.165, 1.54) is 11.1 Å². The summed E-state index contributed by atoms with van der Waals surface area (Å²) in [5.41, 5.74) is 9.22. The Bertz CT molecular complexity index is 428. The molecule has 0 fully saturated rings. The molecule has 1 heterocycles. The first kappa shape index (κ1) is 12.1. The third-order valence-corrected chi connectivity index (χ3v) is 3.37. The Morgan fingerprint density at radius 2 is 2.29 bits per heavy atom. The number of benzene rings is 1. The summed E-state index contributed by atoms with van der Waals surface area (Å²) in [6, 6.07) is 6.70. The van der Waals surface area contributed by atoms with Crippen molar-refractivity contribution in [2.45, 2.75) is 39.2 Å². The second-order valence-corrected chi connectivity index (χ2v) is 4.80. The zero-order valence-corrected chi connectivity index (χ0v) is 10.6. The van der Waals surface area contributed by atoms with Crippen molar-refractivity contribution in [3.63, 3.8) is 0 Å². The minimum Gasteiger partial charge on any atom is -0.330 e. The highest BCUT2D eigenvalue weighted by atomic mass is 16.2. The summed E-state index contributed by atoms with van der Waals surface area (Å²) in [6.07, 6.45) is 3.01. The van der Waals surface area contributed by atoms with Gasteiger partial charge in [-0.15, -0.1) is 0 Å². The summed E-state index contributed by atoms with van der Waals surface area (Å²) in [4.78, 5) is 13.5. The monoisotopic (exact) mass is 232 g/mol. The molecule has 1 unspecified atom stereocenters. The van der Waals surface area contributed by atoms with Crippen LogP contribution in [0.3, 0.4) is 0 Å². The van der Waals surface area contributed by atoms with Gasteiger partial charge >= 0.3 is 0 Å². The van der Waals surface area contributed by atoms with Crippen LogP contribution in [0.1, 0.15) is 31.4 Å². The predicted octanol–water partition coefficient (Wildman–Crippen LogP) is 1.88. The average molecular weight is 232 g/mol. The Labute approximate surface area is 103 Å². The lowest BCUT2D eigenvalue weighted by atomic mass is 10.0. The number of hydrogen-bond acceptors (Lipinski definition) is 2. The van der Waals surface area contributed by atoms with Crippen molar-refractivity contribution >= 4 is 11.6 Å². The number of amides is 1. The van der Waals surface area contributed by atoms with Crippen LogP contribution in [0, 0.1) is 0 Å². The molecule has 17 heavy (non-hydrogen) atoms. The standard InChI is InChI=1S/C14H20N2O/c1-10-8-13-9-12(4-3-7-15)5-6-14(13)16(10)11(2)17/h5-6,9-10H,3-4,7-8,15H2,1-2H3. The van der Waals surface area contributed by atoms with Gasteiger partial charge in [0.2, 0.25) is 5.91 Å². The molecular formula is C14H20N2O. The summed E-state index contributed by atoms with van der Waals surface area (Å²) in [5.74, 6) is 0.131. The van der Waals surface area contributed by atoms with Crippen LogP contribution < -0.4 is 10.6 Å². The third-order valence-electron chi connectivity index (χ3n) is 3.37. The lowest BCUT2D eigenvalue weighted by molar-refractivity contribution is -0.116. The molecule has 1 amide bonds. The van der Waals surface area contributed by atoms with E-state index in [9.17, 15) is 4.79 Å². The molecule has 92 valence electrons. The van der Waals surface area contributed by atoms with Gasteiger partial charge in [0.15, 0.2) is 0 Å². The van der Waals surface area contributed by atoms with Crippen molar-refractivity contribution in [1.29, 1.82) is 0 Å². The van der Waals surface area contributed by atoms with Crippen LogP contribution >= 0.6 is 0 Å². The minimum absolute atomic E-state index is 0.131. The first-order valence-electron chi connectivity index (χ1n) is 6.25. The molecule has 0 bridgehead atoms. The first-order valence-corrected chi connectivity index (χ1v) is 6.25. The number of hydrogen-bond donors (Lipinski definition) is 1. The van der Waals surface area contributed by atoms with Crippen LogP contribution in [0.4, 0.5) is 5.69 Å². The van der Waals surface area contributed by atoms with Gasteiger partial charge < -0.3 is 10.6 Å². The summed E-state index contributed by atoms with van der Waals surface area (Å²) in [7, 11) is 0. The quantitative estimate of drug-likeness (QED) is 0.865. The molecule has 2 rings (SSSR count). The van der Waals surface area contributed by atoms with Gasteiger partial charge in [-0.05, 0) is 49.9 Å². The molecule has 0 spiro atoms. The van der Waals surface area contributed by atoms with Gasteiger partial charge in [-0.3, -0.25) is 4.79 Å². The van der Waals surface area contributed by atoms with Gasteiger partial charge in [0.05, 0.1) is 0 Å². The van der Waals surface area contributed by atoms with E-state index in [0.29, 0.717) is 0 Å². The molecule has 3 heteroatoms. The molecular weight excluding hydrogens is 212 g/mol. The molecule has 0 aliphatic carbocycles. The van der Waals surface area contributed by atoms with Gasteiger partial charge in [-0.2, -0.15) is 0 Å². The van der Waals surface area contributed by atoms with E-state index in [4.69, 9.17) is 5.73 Å². The number of fused-ring (bicyclic) bond motifs is 1. The average Bonchev–Trinajstić information content (AvgIpc) is 2.61. The van der Waals surface area contributed by atoms with Gasteiger partial charge in [-0.1, -0.05) is 12.1 Å². The Hall–Kier alpha value is -1.35. The molecule has 1 aromatic rings. The van der Waals surface area contributed by atoms with E-state index in [1.54, 1.807) is 6.92 Å². The molecule has 0 radical (unpaired) electrons. The molecule has 1 aromatic carbocycles. The van der Waals surface area contributed by atoms with Crippen LogP contribution in [0.5, 0.6) is 0 Å². The van der Waals surface area contributed by atoms with Gasteiger partial charge in [-0.25, -0.2) is 0 Å². The van der Waals surface area contributed by atoms with Crippen LogP contribution in [-0.2, 0) is 17.6 Å². The minimum atomic E-state index is 0.131. The second kappa shape index (κ2) is 4.88. The third kappa shape index (κ3) is 2.34. The highest BCUT2D eigenvalue weighted by Crippen LogP contribution is 2.33. The van der Waals surface area contributed by atoms with Crippen LogP contribution in [0.2, 0.25) is 0 Å². The van der Waals surface area contributed by atoms with Crippen LogP contribution in [-0.4, -0.2) is 18.5 Å². The number of carbonyl (C=O) groups excluding carboxylic acids is 1. The largest absolute Gasteiger partial charge is 0.330 e. The molecule has 1 aliphatic heterocycles. The molecule has 0 saturated heterocycles. The van der Waals surface area contributed by atoms with E-state index in [-0.39, 0.29) is 11.9 Å². The summed E-state index contributed by atoms with van der Waals surface area (Å²) in [5, 5.41) is 0. The highest BCUT2D eigenvalue weighted by molar-refractivity contribution is 5.94. The van der Waals surface area contributed by atoms with E-state index < -0.39 is 0 Å². The van der Waals surface area contributed by atoms with Crippen molar-refractivity contribution in [2.75, 3.05) is 11.4 Å². The normalized spacial score (nSPS) is 18.3. The Morgan fingerprint density at radius 1 is 1.53 bits per heavy atom. The fraction of sp³-hybridized carbons (Fsp3) is 0.500. The molecule has 0 saturated carbocycles.